The molecule has 5 aromatic rings. The Balaban J connectivity index is 1.05. The largest absolute Gasteiger partial charge is 0.508 e. The van der Waals surface area contributed by atoms with Gasteiger partial charge in [-0.05, 0) is 98.2 Å². The molecule has 3 aliphatic heterocycles. The Morgan fingerprint density at radius 3 is 2.42 bits per heavy atom. The van der Waals surface area contributed by atoms with Gasteiger partial charge in [0.15, 0.2) is 0 Å². The van der Waals surface area contributed by atoms with E-state index in [0.29, 0.717) is 46.7 Å². The SMILES string of the molecule is COc1cccc(O)c1[C@H]1C2=CC[C@@H]3C(=O)N(c4ccc(N5CCOCC5)cc4)C(=O)[C@@H]3[C@@H]2C[C@H]2C(=O)N(c3cc(-c4sc5ccc(Cl)cc5c4C)nn3C)C(=O)[C@@]12C. The average molecular weight is 832 g/mol. The summed E-state index contributed by atoms with van der Waals surface area (Å²) in [6.45, 7) is 6.58. The van der Waals surface area contributed by atoms with Gasteiger partial charge >= 0.3 is 0 Å². The van der Waals surface area contributed by atoms with E-state index in [4.69, 9.17) is 26.2 Å². The van der Waals surface area contributed by atoms with Crippen molar-refractivity contribution in [2.75, 3.05) is 48.1 Å². The molecular formula is C45H42ClN5O7S. The second-order valence-electron chi connectivity index (χ2n) is 16.4. The number of benzene rings is 3. The van der Waals surface area contributed by atoms with Crippen LogP contribution in [0.4, 0.5) is 17.2 Å². The van der Waals surface area contributed by atoms with Gasteiger partial charge in [0, 0.05) is 53.1 Å². The van der Waals surface area contributed by atoms with Crippen molar-refractivity contribution >= 4 is 73.8 Å². The lowest BCUT2D eigenvalue weighted by Gasteiger charge is -2.49. The summed E-state index contributed by atoms with van der Waals surface area (Å²) < 4.78 is 13.9. The number of imide groups is 2. The zero-order valence-corrected chi connectivity index (χ0v) is 34.5. The van der Waals surface area contributed by atoms with Gasteiger partial charge in [-0.3, -0.25) is 28.8 Å². The van der Waals surface area contributed by atoms with E-state index in [2.05, 4.69) is 4.90 Å². The highest BCUT2D eigenvalue weighted by molar-refractivity contribution is 7.22. The second kappa shape index (κ2) is 13.8. The fraction of sp³-hybridized carbons (Fsp3) is 0.356. The molecule has 5 heterocycles. The number of thiophene rings is 1. The number of rotatable bonds is 6. The van der Waals surface area contributed by atoms with Gasteiger partial charge in [0.05, 0.1) is 54.1 Å². The Kier molecular flexibility index (Phi) is 8.82. The molecule has 3 aromatic carbocycles. The van der Waals surface area contributed by atoms with Crippen LogP contribution in [0.5, 0.6) is 11.5 Å². The maximum Gasteiger partial charge on any atom is 0.242 e. The first kappa shape index (κ1) is 37.7. The lowest BCUT2D eigenvalue weighted by atomic mass is 9.51. The summed E-state index contributed by atoms with van der Waals surface area (Å²) >= 11 is 7.90. The summed E-state index contributed by atoms with van der Waals surface area (Å²) in [7, 11) is 3.21. The number of phenolic OH excluding ortho intramolecular Hbond substituents is 1. The van der Waals surface area contributed by atoms with E-state index in [1.54, 1.807) is 54.3 Å². The van der Waals surface area contributed by atoms with Crippen molar-refractivity contribution in [1.29, 1.82) is 0 Å². The predicted molar refractivity (Wildman–Crippen MR) is 225 cm³/mol. The Hall–Kier alpha value is -5.50. The van der Waals surface area contributed by atoms with Gasteiger partial charge in [-0.1, -0.05) is 29.3 Å². The number of anilines is 3. The van der Waals surface area contributed by atoms with Crippen molar-refractivity contribution in [3.63, 3.8) is 0 Å². The standard InChI is InChI=1S/C45H42ClN5O7S/c1-23-29-20-24(46)8-15-35(29)59-40(23)32-22-36(48(3)47-32)51-42(54)31-21-30-27(39(45(31,2)44(51)56)38-33(52)6-5-7-34(38)57-4)13-14-28-37(30)43(55)50(41(28)53)26-11-9-25(10-12-26)49-16-18-58-19-17-49/h5-13,15,20,22,28,30-31,37,39,52H,14,16-19,21H2,1-4H3/t28-,30+,31-,37-,39+,45+/m0/s1. The van der Waals surface area contributed by atoms with Crippen LogP contribution in [-0.2, 0) is 31.0 Å². The van der Waals surface area contributed by atoms with E-state index in [1.807, 2.05) is 55.5 Å². The van der Waals surface area contributed by atoms with Crippen molar-refractivity contribution in [3.05, 3.63) is 94.5 Å². The van der Waals surface area contributed by atoms with Gasteiger partial charge in [0.25, 0.3) is 0 Å². The summed E-state index contributed by atoms with van der Waals surface area (Å²) in [6, 6.07) is 19.9. The van der Waals surface area contributed by atoms with Gasteiger partial charge in [-0.2, -0.15) is 5.10 Å². The quantitative estimate of drug-likeness (QED) is 0.139. The number of halogens is 1. The molecular weight excluding hydrogens is 790 g/mol. The molecule has 59 heavy (non-hydrogen) atoms. The molecule has 14 heteroatoms. The molecule has 10 rings (SSSR count). The Labute approximate surface area is 349 Å². The van der Waals surface area contributed by atoms with E-state index in [0.717, 1.165) is 44.9 Å². The number of aromatic nitrogens is 2. The zero-order chi connectivity index (χ0) is 41.1. The number of carbonyl (C=O) groups excluding carboxylic acids is 4. The summed E-state index contributed by atoms with van der Waals surface area (Å²) in [5, 5.41) is 18.1. The normalized spacial score (nSPS) is 26.7. The summed E-state index contributed by atoms with van der Waals surface area (Å²) in [5.41, 5.74) is 2.82. The van der Waals surface area contributed by atoms with Crippen molar-refractivity contribution in [3.8, 4) is 22.1 Å². The molecule has 1 saturated carbocycles. The van der Waals surface area contributed by atoms with Crippen LogP contribution in [0.25, 0.3) is 20.7 Å². The van der Waals surface area contributed by atoms with Gasteiger partial charge in [-0.25, -0.2) is 4.90 Å². The molecule has 0 bridgehead atoms. The Morgan fingerprint density at radius 1 is 0.932 bits per heavy atom. The number of nitrogens with zero attached hydrogens (tertiary/aromatic N) is 5. The second-order valence-corrected chi connectivity index (χ2v) is 17.9. The number of carbonyl (C=O) groups is 4. The van der Waals surface area contributed by atoms with Crippen molar-refractivity contribution in [2.45, 2.75) is 32.6 Å². The van der Waals surface area contributed by atoms with Crippen LogP contribution in [0, 0.1) is 36.0 Å². The van der Waals surface area contributed by atoms with Crippen LogP contribution >= 0.6 is 22.9 Å². The number of methoxy groups -OCH3 is 1. The molecule has 12 nitrogen and oxygen atoms in total. The van der Waals surface area contributed by atoms with Crippen LogP contribution in [0.15, 0.2) is 78.4 Å². The molecule has 3 saturated heterocycles. The fourth-order valence-corrected chi connectivity index (χ4v) is 12.0. The number of aromatic hydroxyl groups is 1. The Bertz CT molecular complexity index is 2650. The van der Waals surface area contributed by atoms with Crippen LogP contribution in [0.2, 0.25) is 5.02 Å². The molecule has 5 aliphatic rings. The maximum atomic E-state index is 15.3. The minimum atomic E-state index is -1.40. The van der Waals surface area contributed by atoms with E-state index in [1.165, 1.54) is 16.9 Å². The molecule has 4 amide bonds. The minimum Gasteiger partial charge on any atom is -0.508 e. The summed E-state index contributed by atoms with van der Waals surface area (Å²) in [5.74, 6) is -4.61. The van der Waals surface area contributed by atoms with E-state index >= 15 is 9.59 Å². The van der Waals surface area contributed by atoms with E-state index < -0.39 is 46.8 Å². The molecule has 6 atom stereocenters. The molecule has 4 fully saturated rings. The van der Waals surface area contributed by atoms with Crippen LogP contribution < -0.4 is 19.4 Å². The minimum absolute atomic E-state index is 0.0873. The van der Waals surface area contributed by atoms with Gasteiger partial charge < -0.3 is 19.5 Å². The summed E-state index contributed by atoms with van der Waals surface area (Å²) in [4.78, 5) is 64.9. The van der Waals surface area contributed by atoms with Crippen molar-refractivity contribution < 1.29 is 33.8 Å². The fourth-order valence-electron chi connectivity index (χ4n) is 10.6. The molecule has 1 N–H and O–H groups in total. The number of phenols is 1. The predicted octanol–water partition coefficient (Wildman–Crippen LogP) is 7.25. The maximum absolute atomic E-state index is 15.3. The van der Waals surface area contributed by atoms with Crippen LogP contribution in [0.3, 0.4) is 0 Å². The monoisotopic (exact) mass is 831 g/mol. The molecule has 2 aromatic heterocycles. The smallest absolute Gasteiger partial charge is 0.242 e. The Morgan fingerprint density at radius 2 is 1.68 bits per heavy atom. The van der Waals surface area contributed by atoms with Crippen molar-refractivity contribution in [2.24, 2.45) is 36.1 Å². The topological polar surface area (TPSA) is 135 Å². The lowest BCUT2D eigenvalue weighted by Crippen LogP contribution is -2.49. The van der Waals surface area contributed by atoms with Gasteiger partial charge in [-0.15, -0.1) is 11.3 Å². The summed E-state index contributed by atoms with van der Waals surface area (Å²) in [6.07, 6.45) is 2.41. The number of allylic oxidation sites excluding steroid dienone is 2. The third kappa shape index (κ3) is 5.47. The molecule has 0 unspecified atom stereocenters. The molecule has 302 valence electrons. The van der Waals surface area contributed by atoms with Crippen LogP contribution in [0.1, 0.15) is 36.8 Å². The molecule has 0 spiro atoms. The molecule has 0 radical (unpaired) electrons. The highest BCUT2D eigenvalue weighted by Gasteiger charge is 2.68. The third-order valence-electron chi connectivity index (χ3n) is 13.5. The molecule has 2 aliphatic carbocycles. The van der Waals surface area contributed by atoms with Crippen molar-refractivity contribution in [1.82, 2.24) is 9.78 Å². The zero-order valence-electron chi connectivity index (χ0n) is 33.0. The third-order valence-corrected chi connectivity index (χ3v) is 15.1. The van der Waals surface area contributed by atoms with Gasteiger partial charge in [0.2, 0.25) is 23.6 Å². The number of amides is 4. The average Bonchev–Trinajstić information content (AvgIpc) is 3.91. The number of hydrogen-bond donors (Lipinski definition) is 1. The highest BCUT2D eigenvalue weighted by atomic mass is 35.5. The number of fused-ring (bicyclic) bond motifs is 5. The number of hydrogen-bond acceptors (Lipinski definition) is 10. The first-order chi connectivity index (χ1) is 28.4. The van der Waals surface area contributed by atoms with Crippen LogP contribution in [-0.4, -0.2) is 71.9 Å². The number of aryl methyl sites for hydroxylation is 2. The first-order valence-electron chi connectivity index (χ1n) is 19.9. The number of morpholine rings is 1. The van der Waals surface area contributed by atoms with Gasteiger partial charge in [0.1, 0.15) is 23.0 Å². The lowest BCUT2D eigenvalue weighted by molar-refractivity contribution is -0.131. The van der Waals surface area contributed by atoms with E-state index in [9.17, 15) is 14.7 Å². The van der Waals surface area contributed by atoms with E-state index in [-0.39, 0.29) is 30.4 Å². The highest BCUT2D eigenvalue weighted by Crippen LogP contribution is 2.65. The number of ether oxygens (including phenoxy) is 2. The first-order valence-corrected chi connectivity index (χ1v) is 21.1.